The van der Waals surface area contributed by atoms with E-state index in [1.165, 1.54) is 212 Å². The van der Waals surface area contributed by atoms with Gasteiger partial charge in [0.15, 0.2) is 0 Å². The molecule has 4 nitrogen and oxygen atoms in total. The highest BCUT2D eigenvalue weighted by atomic mass is 16.3. The highest BCUT2D eigenvalue weighted by molar-refractivity contribution is 5.76. The number of aliphatic hydroxyl groups is 2. The number of allylic oxidation sites excluding steroid dienone is 11. The van der Waals surface area contributed by atoms with Crippen LogP contribution in [0.3, 0.4) is 0 Å². The second kappa shape index (κ2) is 56.2. The summed E-state index contributed by atoms with van der Waals surface area (Å²) < 4.78 is 0. The molecule has 3 N–H and O–H groups in total. The maximum absolute atomic E-state index is 12.5. The van der Waals surface area contributed by atoms with Crippen LogP contribution in [0.2, 0.25) is 0 Å². The van der Waals surface area contributed by atoms with Crippen LogP contribution >= 0.6 is 0 Å². The molecule has 0 aliphatic carbocycles. The third-order valence-electron chi connectivity index (χ3n) is 12.9. The molecule has 0 spiro atoms. The Morgan fingerprint density at radius 1 is 0.385 bits per heavy atom. The van der Waals surface area contributed by atoms with Crippen molar-refractivity contribution in [1.82, 2.24) is 5.32 Å². The minimum atomic E-state index is -0.869. The van der Waals surface area contributed by atoms with Crippen molar-refractivity contribution in [2.45, 2.75) is 302 Å². The molecule has 0 aliphatic heterocycles. The molecule has 1 amide bonds. The van der Waals surface area contributed by atoms with Gasteiger partial charge in [-0.3, -0.25) is 4.79 Å². The normalized spacial score (nSPS) is 13.4. The molecule has 0 radical (unpaired) electrons. The highest BCUT2D eigenvalue weighted by Gasteiger charge is 2.18. The van der Waals surface area contributed by atoms with Gasteiger partial charge in [0, 0.05) is 6.42 Å². The van der Waals surface area contributed by atoms with Gasteiger partial charge >= 0.3 is 0 Å². The molecule has 0 aliphatic rings. The Balaban J connectivity index is 3.53. The number of unbranched alkanes of at least 4 members (excludes halogenated alkanes) is 35. The Bertz CT molecular complexity index is 1120. The first-order valence-electron chi connectivity index (χ1n) is 28.7. The Hall–Kier alpha value is -2.17. The monoisotopic (exact) mass is 906 g/mol. The summed E-state index contributed by atoms with van der Waals surface area (Å²) in [5.41, 5.74) is 0. The molecule has 0 bridgehead atoms. The van der Waals surface area contributed by atoms with Crippen molar-refractivity contribution in [2.75, 3.05) is 6.61 Å². The fourth-order valence-electron chi connectivity index (χ4n) is 8.60. The molecule has 2 atom stereocenters. The Kier molecular flexibility index (Phi) is 54.3. The number of amides is 1. The van der Waals surface area contributed by atoms with Crippen LogP contribution in [0.15, 0.2) is 72.9 Å². The number of carbonyl (C=O) groups is 1. The molecule has 2 unspecified atom stereocenters. The molecule has 0 aromatic carbocycles. The average molecular weight is 907 g/mol. The van der Waals surface area contributed by atoms with Crippen LogP contribution in [0.5, 0.6) is 0 Å². The van der Waals surface area contributed by atoms with Gasteiger partial charge in [-0.25, -0.2) is 0 Å². The van der Waals surface area contributed by atoms with Gasteiger partial charge in [-0.05, 0) is 70.6 Å². The van der Waals surface area contributed by atoms with Crippen LogP contribution in [0.25, 0.3) is 0 Å². The summed E-state index contributed by atoms with van der Waals surface area (Å²) in [7, 11) is 0. The summed E-state index contributed by atoms with van der Waals surface area (Å²) in [6.07, 6.45) is 80.7. The molecular weight excluding hydrogens is 795 g/mol. The second-order valence-corrected chi connectivity index (χ2v) is 19.3. The maximum Gasteiger partial charge on any atom is 0.220 e. The van der Waals surface area contributed by atoms with E-state index in [2.05, 4.69) is 79.9 Å². The molecule has 0 rings (SSSR count). The minimum Gasteiger partial charge on any atom is -0.394 e. The van der Waals surface area contributed by atoms with Crippen LogP contribution in [-0.4, -0.2) is 34.9 Å². The maximum atomic E-state index is 12.5. The van der Waals surface area contributed by atoms with Gasteiger partial charge in [0.1, 0.15) is 0 Å². The lowest BCUT2D eigenvalue weighted by Gasteiger charge is -2.19. The van der Waals surface area contributed by atoms with E-state index in [9.17, 15) is 15.0 Å². The minimum absolute atomic E-state index is 0.0783. The molecule has 4 heteroatoms. The molecule has 65 heavy (non-hydrogen) atoms. The first-order valence-corrected chi connectivity index (χ1v) is 28.7. The van der Waals surface area contributed by atoms with Gasteiger partial charge in [0.05, 0.1) is 18.8 Å². The fourth-order valence-corrected chi connectivity index (χ4v) is 8.60. The summed E-state index contributed by atoms with van der Waals surface area (Å²) >= 11 is 0. The molecule has 0 fully saturated rings. The highest BCUT2D eigenvalue weighted by Crippen LogP contribution is 2.17. The number of hydrogen-bond acceptors (Lipinski definition) is 3. The summed E-state index contributed by atoms with van der Waals surface area (Å²) in [6.45, 7) is 4.20. The molecule has 0 saturated carbocycles. The zero-order chi connectivity index (χ0) is 47.0. The van der Waals surface area contributed by atoms with Gasteiger partial charge in [-0.15, -0.1) is 0 Å². The summed E-state index contributed by atoms with van der Waals surface area (Å²) in [5, 5.41) is 23.2. The topological polar surface area (TPSA) is 69.6 Å². The second-order valence-electron chi connectivity index (χ2n) is 19.3. The van der Waals surface area contributed by atoms with Crippen molar-refractivity contribution < 1.29 is 15.0 Å². The largest absolute Gasteiger partial charge is 0.394 e. The van der Waals surface area contributed by atoms with Crippen LogP contribution in [0, 0.1) is 0 Å². The lowest BCUT2D eigenvalue weighted by atomic mass is 10.0. The molecular formula is C61H111NO3. The van der Waals surface area contributed by atoms with E-state index in [0.717, 1.165) is 57.8 Å². The molecule has 0 aromatic rings. The SMILES string of the molecule is CC/C=C\C/C=C\C/C=C\C/C=C\CCCCCCCCCCCCC(=O)NC(CO)C(O)/C=C/CC/C=C/CCCCCCCCCCCCCCCCCCCCCCCCCC. The molecule has 0 aromatic heterocycles. The third kappa shape index (κ3) is 52.7. The van der Waals surface area contributed by atoms with Crippen molar-refractivity contribution in [1.29, 1.82) is 0 Å². The quantitative estimate of drug-likeness (QED) is 0.0421. The zero-order valence-electron chi connectivity index (χ0n) is 43.5. The lowest BCUT2D eigenvalue weighted by Crippen LogP contribution is -2.45. The first kappa shape index (κ1) is 62.8. The van der Waals surface area contributed by atoms with Crippen molar-refractivity contribution in [3.8, 4) is 0 Å². The van der Waals surface area contributed by atoms with Crippen molar-refractivity contribution in [3.63, 3.8) is 0 Å². The smallest absolute Gasteiger partial charge is 0.220 e. The van der Waals surface area contributed by atoms with E-state index in [4.69, 9.17) is 0 Å². The first-order chi connectivity index (χ1) is 32.2. The lowest BCUT2D eigenvalue weighted by molar-refractivity contribution is -0.123. The summed E-state index contributed by atoms with van der Waals surface area (Å²) in [5.74, 6) is -0.0783. The molecule has 378 valence electrons. The van der Waals surface area contributed by atoms with Gasteiger partial charge in [-0.1, -0.05) is 286 Å². The zero-order valence-corrected chi connectivity index (χ0v) is 43.5. The standard InChI is InChI=1S/C61H111NO3/c1-3-5-7-9-11-13-15-17-19-21-23-25-27-28-29-30-31-32-33-35-36-38-40-42-44-46-48-50-52-54-56-60(64)59(58-63)62-61(65)57-55-53-51-49-47-45-43-41-39-37-34-26-24-22-20-18-16-14-12-10-8-6-4-2/h6,8,12,14,18,20,24,26,46,48,54,56,59-60,63-64H,3-5,7,9-11,13,15-17,19,21-23,25,27-45,47,49-53,55,57-58H2,1-2H3,(H,62,65)/b8-6-,14-12-,20-18-,26-24-,48-46+,56-54+. The van der Waals surface area contributed by atoms with E-state index in [-0.39, 0.29) is 12.5 Å². The van der Waals surface area contributed by atoms with Crippen LogP contribution in [0.1, 0.15) is 290 Å². The fraction of sp³-hybridized carbons (Fsp3) is 0.787. The van der Waals surface area contributed by atoms with Gasteiger partial charge in [0.25, 0.3) is 0 Å². The number of hydrogen-bond donors (Lipinski definition) is 3. The number of aliphatic hydroxyl groups excluding tert-OH is 2. The van der Waals surface area contributed by atoms with E-state index in [1.807, 2.05) is 6.08 Å². The van der Waals surface area contributed by atoms with Crippen LogP contribution < -0.4 is 5.32 Å². The Labute approximate surface area is 406 Å². The van der Waals surface area contributed by atoms with Crippen LogP contribution in [0.4, 0.5) is 0 Å². The van der Waals surface area contributed by atoms with E-state index in [0.29, 0.717) is 6.42 Å². The van der Waals surface area contributed by atoms with Crippen molar-refractivity contribution in [2.24, 2.45) is 0 Å². The third-order valence-corrected chi connectivity index (χ3v) is 12.9. The molecule has 0 saturated heterocycles. The van der Waals surface area contributed by atoms with Gasteiger partial charge < -0.3 is 15.5 Å². The van der Waals surface area contributed by atoms with E-state index in [1.54, 1.807) is 6.08 Å². The molecule has 0 heterocycles. The number of rotatable bonds is 52. The van der Waals surface area contributed by atoms with Crippen LogP contribution in [-0.2, 0) is 4.79 Å². The van der Waals surface area contributed by atoms with E-state index >= 15 is 0 Å². The Morgan fingerprint density at radius 3 is 1.08 bits per heavy atom. The van der Waals surface area contributed by atoms with Crippen molar-refractivity contribution in [3.05, 3.63) is 72.9 Å². The summed E-state index contributed by atoms with van der Waals surface area (Å²) in [6, 6.07) is -0.646. The van der Waals surface area contributed by atoms with Gasteiger partial charge in [-0.2, -0.15) is 0 Å². The number of nitrogens with one attached hydrogen (secondary N) is 1. The van der Waals surface area contributed by atoms with E-state index < -0.39 is 12.1 Å². The number of carbonyl (C=O) groups excluding carboxylic acids is 1. The average Bonchev–Trinajstić information content (AvgIpc) is 3.31. The van der Waals surface area contributed by atoms with Crippen molar-refractivity contribution >= 4 is 5.91 Å². The summed E-state index contributed by atoms with van der Waals surface area (Å²) in [4.78, 5) is 12.5. The predicted molar refractivity (Wildman–Crippen MR) is 290 cm³/mol. The van der Waals surface area contributed by atoms with Gasteiger partial charge in [0.2, 0.25) is 5.91 Å². The Morgan fingerprint density at radius 2 is 0.692 bits per heavy atom. The predicted octanol–water partition coefficient (Wildman–Crippen LogP) is 19.0.